The van der Waals surface area contributed by atoms with Crippen LogP contribution in [0.1, 0.15) is 50.3 Å². The molecule has 1 nitrogen and oxygen atoms in total. The number of unbranched alkanes of at least 4 members (excludes halogenated alkanes) is 5. The zero-order chi connectivity index (χ0) is 11.6. The van der Waals surface area contributed by atoms with Gasteiger partial charge >= 0.3 is 0 Å². The highest BCUT2D eigenvalue weighted by Gasteiger charge is 1.96. The first-order valence-corrected chi connectivity index (χ1v) is 7.52. The molecule has 3 heteroatoms. The fourth-order valence-electron chi connectivity index (χ4n) is 1.69. The second-order valence-corrected chi connectivity index (χ2v) is 5.61. The van der Waals surface area contributed by atoms with Gasteiger partial charge in [0.25, 0.3) is 0 Å². The Balaban J connectivity index is 1.88. The molecule has 0 fully saturated rings. The third kappa shape index (κ3) is 6.51. The van der Waals surface area contributed by atoms with E-state index in [-0.39, 0.29) is 0 Å². The van der Waals surface area contributed by atoms with Gasteiger partial charge < -0.3 is 5.32 Å². The van der Waals surface area contributed by atoms with Crippen LogP contribution in [0.5, 0.6) is 0 Å². The van der Waals surface area contributed by atoms with Gasteiger partial charge in [0.05, 0.1) is 5.02 Å². The van der Waals surface area contributed by atoms with E-state index in [0.717, 1.165) is 18.1 Å². The summed E-state index contributed by atoms with van der Waals surface area (Å²) in [5.74, 6) is 0. The Morgan fingerprint density at radius 3 is 2.62 bits per heavy atom. The summed E-state index contributed by atoms with van der Waals surface area (Å²) >= 11 is 7.58. The van der Waals surface area contributed by atoms with E-state index >= 15 is 0 Å². The van der Waals surface area contributed by atoms with E-state index in [1.807, 2.05) is 11.4 Å². The van der Waals surface area contributed by atoms with Gasteiger partial charge in [-0.05, 0) is 19.0 Å². The normalized spacial score (nSPS) is 10.9. The maximum absolute atomic E-state index is 5.85. The first-order valence-electron chi connectivity index (χ1n) is 6.26. The molecule has 0 saturated heterocycles. The van der Waals surface area contributed by atoms with E-state index in [9.17, 15) is 0 Å². The van der Waals surface area contributed by atoms with E-state index in [4.69, 9.17) is 11.6 Å². The molecular formula is C13H22ClNS. The van der Waals surface area contributed by atoms with Crippen molar-refractivity contribution in [2.24, 2.45) is 0 Å². The van der Waals surface area contributed by atoms with Gasteiger partial charge in [0.1, 0.15) is 0 Å². The number of thiophene rings is 1. The van der Waals surface area contributed by atoms with Gasteiger partial charge in [-0.15, -0.1) is 11.3 Å². The standard InChI is InChI=1S/C13H22ClNS/c1-2-3-4-5-6-7-8-15-10-13-9-12(14)11-16-13/h9,11,15H,2-8,10H2,1H3. The average molecular weight is 260 g/mol. The molecular weight excluding hydrogens is 238 g/mol. The summed E-state index contributed by atoms with van der Waals surface area (Å²) in [6.45, 7) is 4.35. The van der Waals surface area contributed by atoms with Crippen molar-refractivity contribution < 1.29 is 0 Å². The summed E-state index contributed by atoms with van der Waals surface area (Å²) in [7, 11) is 0. The summed E-state index contributed by atoms with van der Waals surface area (Å²) in [5, 5.41) is 6.31. The van der Waals surface area contributed by atoms with Crippen molar-refractivity contribution >= 4 is 22.9 Å². The molecule has 1 N–H and O–H groups in total. The zero-order valence-electron chi connectivity index (χ0n) is 10.1. The van der Waals surface area contributed by atoms with Gasteiger partial charge in [-0.2, -0.15) is 0 Å². The molecule has 0 bridgehead atoms. The Labute approximate surface area is 108 Å². The Kier molecular flexibility index (Phi) is 7.91. The molecule has 0 unspecified atom stereocenters. The topological polar surface area (TPSA) is 12.0 Å². The fraction of sp³-hybridized carbons (Fsp3) is 0.692. The molecule has 1 rings (SSSR count). The summed E-state index contributed by atoms with van der Waals surface area (Å²) in [5.41, 5.74) is 0. The molecule has 16 heavy (non-hydrogen) atoms. The highest BCUT2D eigenvalue weighted by Crippen LogP contribution is 2.18. The molecule has 0 aliphatic rings. The van der Waals surface area contributed by atoms with Crippen LogP contribution in [0.3, 0.4) is 0 Å². The Hall–Kier alpha value is -0.0500. The number of rotatable bonds is 9. The minimum atomic E-state index is 0.862. The molecule has 1 aromatic heterocycles. The Morgan fingerprint density at radius 2 is 1.94 bits per heavy atom. The predicted octanol–water partition coefficient (Wildman–Crippen LogP) is 4.85. The summed E-state index contributed by atoms with van der Waals surface area (Å²) in [4.78, 5) is 1.33. The van der Waals surface area contributed by atoms with Crippen LogP contribution in [0.4, 0.5) is 0 Å². The quantitative estimate of drug-likeness (QED) is 0.625. The van der Waals surface area contributed by atoms with E-state index < -0.39 is 0 Å². The molecule has 0 aromatic carbocycles. The smallest absolute Gasteiger partial charge is 0.0516 e. The molecule has 0 saturated carbocycles. The van der Waals surface area contributed by atoms with Crippen molar-refractivity contribution in [3.8, 4) is 0 Å². The molecule has 0 spiro atoms. The number of hydrogen-bond donors (Lipinski definition) is 1. The van der Waals surface area contributed by atoms with Crippen LogP contribution in [-0.4, -0.2) is 6.54 Å². The first-order chi connectivity index (χ1) is 7.83. The summed E-state index contributed by atoms with van der Waals surface area (Å²) < 4.78 is 0. The van der Waals surface area contributed by atoms with Gasteiger partial charge in [0, 0.05) is 16.8 Å². The molecule has 0 aliphatic heterocycles. The van der Waals surface area contributed by atoms with Crippen molar-refractivity contribution in [1.82, 2.24) is 5.32 Å². The van der Waals surface area contributed by atoms with Crippen molar-refractivity contribution in [2.45, 2.75) is 52.0 Å². The van der Waals surface area contributed by atoms with Gasteiger partial charge in [-0.3, -0.25) is 0 Å². The second-order valence-electron chi connectivity index (χ2n) is 4.18. The lowest BCUT2D eigenvalue weighted by Gasteiger charge is -2.03. The third-order valence-corrected chi connectivity index (χ3v) is 3.91. The lowest BCUT2D eigenvalue weighted by atomic mass is 10.1. The van der Waals surface area contributed by atoms with Crippen LogP contribution in [0.25, 0.3) is 0 Å². The molecule has 1 aromatic rings. The molecule has 0 radical (unpaired) electrons. The van der Waals surface area contributed by atoms with Gasteiger partial charge in [-0.25, -0.2) is 0 Å². The van der Waals surface area contributed by atoms with Gasteiger partial charge in [0.2, 0.25) is 0 Å². The zero-order valence-corrected chi connectivity index (χ0v) is 11.7. The lowest BCUT2D eigenvalue weighted by Crippen LogP contribution is -2.13. The van der Waals surface area contributed by atoms with Crippen LogP contribution in [0, 0.1) is 0 Å². The van der Waals surface area contributed by atoms with Gasteiger partial charge in [0.15, 0.2) is 0 Å². The monoisotopic (exact) mass is 259 g/mol. The van der Waals surface area contributed by atoms with Crippen molar-refractivity contribution in [3.63, 3.8) is 0 Å². The van der Waals surface area contributed by atoms with E-state index in [0.29, 0.717) is 0 Å². The average Bonchev–Trinajstić information content (AvgIpc) is 2.68. The third-order valence-electron chi connectivity index (χ3n) is 2.63. The summed E-state index contributed by atoms with van der Waals surface area (Å²) in [6.07, 6.45) is 8.16. The molecule has 0 atom stereocenters. The van der Waals surface area contributed by atoms with Crippen LogP contribution < -0.4 is 5.32 Å². The van der Waals surface area contributed by atoms with E-state index in [1.54, 1.807) is 11.3 Å². The van der Waals surface area contributed by atoms with Crippen molar-refractivity contribution in [3.05, 3.63) is 21.3 Å². The minimum Gasteiger partial charge on any atom is -0.312 e. The maximum atomic E-state index is 5.85. The maximum Gasteiger partial charge on any atom is 0.0516 e. The van der Waals surface area contributed by atoms with E-state index in [2.05, 4.69) is 12.2 Å². The highest BCUT2D eigenvalue weighted by atomic mass is 35.5. The fourth-order valence-corrected chi connectivity index (χ4v) is 2.73. The van der Waals surface area contributed by atoms with Gasteiger partial charge in [-0.1, -0.05) is 50.6 Å². The number of nitrogens with one attached hydrogen (secondary N) is 1. The van der Waals surface area contributed by atoms with Crippen molar-refractivity contribution in [2.75, 3.05) is 6.54 Å². The van der Waals surface area contributed by atoms with Crippen LogP contribution in [0.15, 0.2) is 11.4 Å². The van der Waals surface area contributed by atoms with Crippen LogP contribution >= 0.6 is 22.9 Å². The summed E-state index contributed by atoms with van der Waals surface area (Å²) in [6, 6.07) is 2.04. The highest BCUT2D eigenvalue weighted by molar-refractivity contribution is 7.10. The van der Waals surface area contributed by atoms with Crippen LogP contribution in [-0.2, 0) is 6.54 Å². The minimum absolute atomic E-state index is 0.862. The largest absolute Gasteiger partial charge is 0.312 e. The molecule has 1 heterocycles. The molecule has 0 amide bonds. The van der Waals surface area contributed by atoms with Crippen LogP contribution in [0.2, 0.25) is 5.02 Å². The number of halogens is 1. The predicted molar refractivity (Wildman–Crippen MR) is 74.4 cm³/mol. The SMILES string of the molecule is CCCCCCCCNCc1cc(Cl)cs1. The molecule has 0 aliphatic carbocycles. The Morgan fingerprint density at radius 1 is 1.19 bits per heavy atom. The Bertz CT molecular complexity index is 273. The first kappa shape index (κ1) is 14.0. The second kappa shape index (κ2) is 9.03. The van der Waals surface area contributed by atoms with E-state index in [1.165, 1.54) is 43.4 Å². The molecule has 92 valence electrons. The van der Waals surface area contributed by atoms with Crippen molar-refractivity contribution in [1.29, 1.82) is 0 Å². The lowest BCUT2D eigenvalue weighted by molar-refractivity contribution is 0.573. The number of hydrogen-bond acceptors (Lipinski definition) is 2.